The number of carbonyl (C=O) groups excluding carboxylic acids is 4. The number of esters is 1. The van der Waals surface area contributed by atoms with Crippen molar-refractivity contribution in [3.8, 4) is 0 Å². The number of rotatable bonds is 6. The van der Waals surface area contributed by atoms with Crippen molar-refractivity contribution in [2.45, 2.75) is 70.4 Å². The van der Waals surface area contributed by atoms with Gasteiger partial charge in [0.2, 0.25) is 0 Å². The highest BCUT2D eigenvalue weighted by molar-refractivity contribution is 6.07. The topological polar surface area (TPSA) is 105 Å². The fraction of sp³-hybridized carbons (Fsp3) is 0.765. The zero-order valence-corrected chi connectivity index (χ0v) is 15.1. The maximum absolute atomic E-state index is 12.4. The van der Waals surface area contributed by atoms with E-state index in [4.69, 9.17) is 4.74 Å². The van der Waals surface area contributed by atoms with Crippen LogP contribution in [0.5, 0.6) is 0 Å². The summed E-state index contributed by atoms with van der Waals surface area (Å²) in [6.07, 6.45) is 3.59. The summed E-state index contributed by atoms with van der Waals surface area (Å²) in [7, 11) is 0. The molecule has 1 aliphatic heterocycles. The van der Waals surface area contributed by atoms with Crippen LogP contribution in [0.25, 0.3) is 0 Å². The highest BCUT2D eigenvalue weighted by Gasteiger charge is 2.52. The molecule has 4 amide bonds. The molecule has 8 nitrogen and oxygen atoms in total. The fourth-order valence-electron chi connectivity index (χ4n) is 3.25. The Kier molecular flexibility index (Phi) is 5.69. The molecule has 2 N–H and O–H groups in total. The van der Waals surface area contributed by atoms with E-state index in [1.165, 1.54) is 4.90 Å². The van der Waals surface area contributed by atoms with Gasteiger partial charge in [0.25, 0.3) is 11.8 Å². The Balaban J connectivity index is 1.70. The third kappa shape index (κ3) is 4.93. The molecule has 1 spiro atoms. The molecular weight excluding hydrogens is 326 g/mol. The third-order valence-electron chi connectivity index (χ3n) is 4.34. The molecule has 0 atom stereocenters. The normalized spacial score (nSPS) is 19.2. The molecule has 2 aliphatic rings. The van der Waals surface area contributed by atoms with Gasteiger partial charge in [0.15, 0.2) is 6.61 Å². The van der Waals surface area contributed by atoms with E-state index in [1.54, 1.807) is 0 Å². The van der Waals surface area contributed by atoms with Crippen LogP contribution in [0.3, 0.4) is 0 Å². The minimum atomic E-state index is -0.720. The van der Waals surface area contributed by atoms with Crippen molar-refractivity contribution in [2.75, 3.05) is 13.2 Å². The maximum Gasteiger partial charge on any atom is 0.325 e. The van der Waals surface area contributed by atoms with Gasteiger partial charge in [-0.2, -0.15) is 0 Å². The van der Waals surface area contributed by atoms with Crippen LogP contribution in [-0.4, -0.2) is 52.9 Å². The van der Waals surface area contributed by atoms with Crippen molar-refractivity contribution in [1.82, 2.24) is 15.5 Å². The Morgan fingerprint density at radius 1 is 1.24 bits per heavy atom. The van der Waals surface area contributed by atoms with E-state index in [9.17, 15) is 19.2 Å². The van der Waals surface area contributed by atoms with Gasteiger partial charge in [0.1, 0.15) is 5.54 Å². The van der Waals surface area contributed by atoms with Gasteiger partial charge >= 0.3 is 12.0 Å². The van der Waals surface area contributed by atoms with Crippen LogP contribution in [0, 0.1) is 0 Å². The SMILES string of the molecule is CC(C)(C)NC(=O)COC(=O)CCCN1C(=O)NC2(CCCC2)C1=O. The Morgan fingerprint density at radius 2 is 1.88 bits per heavy atom. The van der Waals surface area contributed by atoms with Gasteiger partial charge < -0.3 is 15.4 Å². The lowest BCUT2D eigenvalue weighted by Crippen LogP contribution is -2.44. The van der Waals surface area contributed by atoms with E-state index < -0.39 is 11.5 Å². The second kappa shape index (κ2) is 7.41. The number of urea groups is 1. The van der Waals surface area contributed by atoms with Crippen LogP contribution in [-0.2, 0) is 19.1 Å². The number of nitrogens with one attached hydrogen (secondary N) is 2. The second-order valence-electron chi connectivity index (χ2n) is 7.74. The monoisotopic (exact) mass is 353 g/mol. The average molecular weight is 353 g/mol. The molecule has 25 heavy (non-hydrogen) atoms. The molecule has 1 heterocycles. The van der Waals surface area contributed by atoms with Crippen molar-refractivity contribution in [2.24, 2.45) is 0 Å². The zero-order valence-electron chi connectivity index (χ0n) is 15.1. The number of amides is 4. The Hall–Kier alpha value is -2.12. The van der Waals surface area contributed by atoms with Gasteiger partial charge in [0.05, 0.1) is 0 Å². The molecule has 2 fully saturated rings. The van der Waals surface area contributed by atoms with Crippen LogP contribution in [0.1, 0.15) is 59.3 Å². The number of hydrogen-bond donors (Lipinski definition) is 2. The molecule has 140 valence electrons. The van der Waals surface area contributed by atoms with E-state index in [0.29, 0.717) is 19.3 Å². The smallest absolute Gasteiger partial charge is 0.325 e. The van der Waals surface area contributed by atoms with Gasteiger partial charge in [0, 0.05) is 18.5 Å². The number of imide groups is 1. The number of ether oxygens (including phenoxy) is 1. The van der Waals surface area contributed by atoms with Gasteiger partial charge in [-0.15, -0.1) is 0 Å². The highest BCUT2D eigenvalue weighted by atomic mass is 16.5. The van der Waals surface area contributed by atoms with Crippen molar-refractivity contribution < 1.29 is 23.9 Å². The quantitative estimate of drug-likeness (QED) is 0.549. The third-order valence-corrected chi connectivity index (χ3v) is 4.34. The van der Waals surface area contributed by atoms with Crippen molar-refractivity contribution in [1.29, 1.82) is 0 Å². The second-order valence-corrected chi connectivity index (χ2v) is 7.74. The number of hydrogen-bond acceptors (Lipinski definition) is 5. The summed E-state index contributed by atoms with van der Waals surface area (Å²) in [5, 5.41) is 5.49. The number of nitrogens with zero attached hydrogens (tertiary/aromatic N) is 1. The number of carbonyl (C=O) groups is 4. The molecule has 8 heteroatoms. The summed E-state index contributed by atoms with van der Waals surface area (Å²) < 4.78 is 4.91. The van der Waals surface area contributed by atoms with Gasteiger partial charge in [-0.3, -0.25) is 19.3 Å². The molecule has 2 rings (SSSR count). The van der Waals surface area contributed by atoms with Crippen LogP contribution in [0.2, 0.25) is 0 Å². The summed E-state index contributed by atoms with van der Waals surface area (Å²) in [6.45, 7) is 5.35. The van der Waals surface area contributed by atoms with Gasteiger partial charge in [-0.05, 0) is 40.0 Å². The summed E-state index contributed by atoms with van der Waals surface area (Å²) in [5.41, 5.74) is -1.11. The van der Waals surface area contributed by atoms with Gasteiger partial charge in [-0.1, -0.05) is 12.8 Å². The molecule has 0 radical (unpaired) electrons. The van der Waals surface area contributed by atoms with E-state index in [-0.39, 0.29) is 43.0 Å². The molecule has 0 aromatic rings. The first-order valence-electron chi connectivity index (χ1n) is 8.74. The van der Waals surface area contributed by atoms with Crippen molar-refractivity contribution >= 4 is 23.8 Å². The molecule has 1 aliphatic carbocycles. The highest BCUT2D eigenvalue weighted by Crippen LogP contribution is 2.35. The molecule has 1 saturated heterocycles. The average Bonchev–Trinajstić information content (AvgIpc) is 3.04. The Bertz CT molecular complexity index is 561. The standard InChI is InChI=1S/C17H27N3O5/c1-16(2,3)18-12(21)11-25-13(22)7-6-10-20-14(23)17(19-15(20)24)8-4-5-9-17/h4-11H2,1-3H3,(H,18,21)(H,19,24). The first kappa shape index (κ1) is 19.2. The molecule has 0 aromatic carbocycles. The van der Waals surface area contributed by atoms with Crippen molar-refractivity contribution in [3.05, 3.63) is 0 Å². The minimum absolute atomic E-state index is 0.0485. The molecular formula is C17H27N3O5. The molecule has 0 bridgehead atoms. The van der Waals surface area contributed by atoms with Gasteiger partial charge in [-0.25, -0.2) is 4.79 Å². The van der Waals surface area contributed by atoms with Crippen LogP contribution in [0.15, 0.2) is 0 Å². The summed E-state index contributed by atoms with van der Waals surface area (Å²) in [5.74, 6) is -1.07. The minimum Gasteiger partial charge on any atom is -0.456 e. The van der Waals surface area contributed by atoms with Crippen molar-refractivity contribution in [3.63, 3.8) is 0 Å². The lowest BCUT2D eigenvalue weighted by atomic mass is 9.98. The predicted molar refractivity (Wildman–Crippen MR) is 89.5 cm³/mol. The maximum atomic E-state index is 12.4. The molecule has 0 aromatic heterocycles. The predicted octanol–water partition coefficient (Wildman–Crippen LogP) is 1.09. The Morgan fingerprint density at radius 3 is 2.48 bits per heavy atom. The summed E-state index contributed by atoms with van der Waals surface area (Å²) >= 11 is 0. The lowest BCUT2D eigenvalue weighted by molar-refractivity contribution is -0.149. The van der Waals surface area contributed by atoms with E-state index >= 15 is 0 Å². The largest absolute Gasteiger partial charge is 0.456 e. The van der Waals surface area contributed by atoms with E-state index in [2.05, 4.69) is 10.6 Å². The van der Waals surface area contributed by atoms with Crippen LogP contribution >= 0.6 is 0 Å². The fourth-order valence-corrected chi connectivity index (χ4v) is 3.25. The first-order valence-corrected chi connectivity index (χ1v) is 8.74. The van der Waals surface area contributed by atoms with Crippen LogP contribution < -0.4 is 10.6 Å². The molecule has 0 unspecified atom stereocenters. The first-order chi connectivity index (χ1) is 11.6. The lowest BCUT2D eigenvalue weighted by Gasteiger charge is -2.20. The van der Waals surface area contributed by atoms with Crippen LogP contribution in [0.4, 0.5) is 4.79 Å². The zero-order chi connectivity index (χ0) is 18.7. The summed E-state index contributed by atoms with van der Waals surface area (Å²) in [6, 6.07) is -0.384. The molecule has 1 saturated carbocycles. The van der Waals surface area contributed by atoms with E-state index in [1.807, 2.05) is 20.8 Å². The Labute approximate surface area is 147 Å². The summed E-state index contributed by atoms with van der Waals surface area (Å²) in [4.78, 5) is 48.9. The van der Waals surface area contributed by atoms with E-state index in [0.717, 1.165) is 12.8 Å².